The van der Waals surface area contributed by atoms with Gasteiger partial charge < -0.3 is 4.74 Å². The van der Waals surface area contributed by atoms with Gasteiger partial charge in [0.15, 0.2) is 0 Å². The molecule has 0 aliphatic carbocycles. The molecule has 1 nitrogen and oxygen atoms in total. The van der Waals surface area contributed by atoms with Crippen LogP contribution in [0.5, 0.6) is 0 Å². The molecule has 0 aromatic rings. The summed E-state index contributed by atoms with van der Waals surface area (Å²) < 4.78 is 4.60. The summed E-state index contributed by atoms with van der Waals surface area (Å²) in [5, 5.41) is 0. The van der Waals surface area contributed by atoms with Crippen LogP contribution in [0.1, 0.15) is 0 Å². The van der Waals surface area contributed by atoms with Crippen molar-refractivity contribution in [2.24, 2.45) is 0 Å². The third kappa shape index (κ3) is 4.39. The highest BCUT2D eigenvalue weighted by atomic mass is 31.0. The van der Waals surface area contributed by atoms with Crippen molar-refractivity contribution in [1.82, 2.24) is 0 Å². The Morgan fingerprint density at radius 3 is 2.20 bits per heavy atom. The average Bonchev–Trinajstić information content (AvgIpc) is 1.38. The van der Waals surface area contributed by atoms with Gasteiger partial charge in [0.2, 0.25) is 0 Å². The number of ether oxygens (including phenoxy) is 1. The predicted octanol–water partition coefficient (Wildman–Crippen LogP) is 0.668. The topological polar surface area (TPSA) is 9.23 Å². The van der Waals surface area contributed by atoms with Gasteiger partial charge in [-0.15, -0.1) is 9.24 Å². The van der Waals surface area contributed by atoms with E-state index >= 15 is 0 Å². The molecule has 0 saturated carbocycles. The van der Waals surface area contributed by atoms with Crippen LogP contribution >= 0.6 is 9.24 Å². The monoisotopic (exact) mass is 91.0 g/mol. The summed E-state index contributed by atoms with van der Waals surface area (Å²) in [5.74, 6) is 0.0509. The largest absolute Gasteiger partial charge is 0.378 e. The van der Waals surface area contributed by atoms with Crippen molar-refractivity contribution in [1.29, 1.82) is 0 Å². The highest BCUT2D eigenvalue weighted by molar-refractivity contribution is 7.17. The maximum atomic E-state index is 4.60. The highest BCUT2D eigenvalue weighted by Gasteiger charge is 1.79. The van der Waals surface area contributed by atoms with Crippen LogP contribution in [0.25, 0.3) is 0 Å². The Kier molecular flexibility index (Phi) is 2.82. The molecule has 0 amide bonds. The van der Waals surface area contributed by atoms with Crippen molar-refractivity contribution in [3.8, 4) is 0 Å². The smallest absolute Gasteiger partial charge is 0.0705 e. The molecule has 0 aromatic carbocycles. The molecule has 0 spiro atoms. The Balaban J connectivity index is 2.54. The molecule has 0 aliphatic heterocycles. The minimum absolute atomic E-state index is 0.0509. The minimum Gasteiger partial charge on any atom is -0.378 e. The van der Waals surface area contributed by atoms with E-state index in [4.69, 9.17) is 0 Å². The molecule has 2 heteroatoms. The van der Waals surface area contributed by atoms with E-state index in [1.807, 2.05) is 0 Å². The second kappa shape index (κ2) is 2.62. The van der Waals surface area contributed by atoms with Crippen LogP contribution in [0.4, 0.5) is 0 Å². The zero-order chi connectivity index (χ0) is 4.28. The predicted molar refractivity (Wildman–Crippen MR) is 25.9 cm³/mol. The quantitative estimate of drug-likeness (QED) is 0.431. The lowest BCUT2D eigenvalue weighted by Gasteiger charge is -1.94. The van der Waals surface area contributed by atoms with Crippen molar-refractivity contribution in [3.05, 3.63) is 6.92 Å². The van der Waals surface area contributed by atoms with Gasteiger partial charge in [0.25, 0.3) is 0 Å². The molecule has 0 heterocycles. The fourth-order valence-corrected chi connectivity index (χ4v) is 0. The van der Waals surface area contributed by atoms with Crippen LogP contribution in [0.3, 0.4) is 0 Å². The first-order valence-corrected chi connectivity index (χ1v) is 2.05. The van der Waals surface area contributed by atoms with Crippen LogP contribution in [0, 0.1) is 6.92 Å². The van der Waals surface area contributed by atoms with E-state index in [1.165, 1.54) is 0 Å². The van der Waals surface area contributed by atoms with Gasteiger partial charge in [-0.3, -0.25) is 0 Å². The number of hydrogen-bond donors (Lipinski definition) is 0. The molecule has 5 heavy (non-hydrogen) atoms. The molecular weight excluding hydrogens is 83.0 g/mol. The molecule has 0 rings (SSSR count). The average molecular weight is 91.1 g/mol. The summed E-state index contributed by atoms with van der Waals surface area (Å²) in [6.45, 7) is 3.50. The normalized spacial score (nSPS) is 15.0. The summed E-state index contributed by atoms with van der Waals surface area (Å²) in [6.07, 6.45) is 0. The van der Waals surface area contributed by atoms with E-state index in [9.17, 15) is 0 Å². The highest BCUT2D eigenvalue weighted by Crippen LogP contribution is 1.93. The molecule has 1 radical (unpaired) electrons. The summed E-state index contributed by atoms with van der Waals surface area (Å²) in [4.78, 5) is 0. The maximum Gasteiger partial charge on any atom is 0.0705 e. The first kappa shape index (κ1) is 5.39. The molecule has 0 N–H and O–H groups in total. The molecule has 0 aliphatic rings. The van der Waals surface area contributed by atoms with Gasteiger partial charge in [0.1, 0.15) is 0 Å². The van der Waals surface area contributed by atoms with Crippen LogP contribution in [-0.2, 0) is 4.74 Å². The lowest BCUT2D eigenvalue weighted by atomic mass is 10.9. The lowest BCUT2D eigenvalue weighted by molar-refractivity contribution is 0.205. The zero-order valence-electron chi connectivity index (χ0n) is 3.27. The first-order chi connectivity index (χ1) is 2.27. The van der Waals surface area contributed by atoms with Gasteiger partial charge in [-0.2, -0.15) is 0 Å². The van der Waals surface area contributed by atoms with E-state index in [0.29, 0.717) is 0 Å². The van der Waals surface area contributed by atoms with Gasteiger partial charge in [-0.1, -0.05) is 0 Å². The van der Waals surface area contributed by atoms with E-state index in [2.05, 4.69) is 20.9 Å². The number of hydrogen-bond acceptors (Lipinski definition) is 1. The third-order valence-corrected chi connectivity index (χ3v) is 0.575. The zero-order valence-corrected chi connectivity index (χ0v) is 4.42. The van der Waals surface area contributed by atoms with Crippen LogP contribution in [0.15, 0.2) is 0 Å². The SMILES string of the molecule is [CH2]C(P)OC. The molecule has 0 fully saturated rings. The second-order valence-corrected chi connectivity index (χ2v) is 1.52. The lowest BCUT2D eigenvalue weighted by Crippen LogP contribution is -1.89. The standard InChI is InChI=1S/C3H8OP/c1-3(5)4-2/h3H,1,5H2,2H3. The molecular formula is C3H8OP. The van der Waals surface area contributed by atoms with Gasteiger partial charge >= 0.3 is 0 Å². The van der Waals surface area contributed by atoms with E-state index in [-0.39, 0.29) is 5.85 Å². The van der Waals surface area contributed by atoms with Gasteiger partial charge in [-0.05, 0) is 6.92 Å². The van der Waals surface area contributed by atoms with Gasteiger partial charge in [-0.25, -0.2) is 0 Å². The summed E-state index contributed by atoms with van der Waals surface area (Å²) >= 11 is 0. The Bertz CT molecular complexity index is 20.9. The fourth-order valence-electron chi connectivity index (χ4n) is 0. The van der Waals surface area contributed by atoms with Crippen LogP contribution in [0.2, 0.25) is 0 Å². The van der Waals surface area contributed by atoms with Crippen molar-refractivity contribution in [2.75, 3.05) is 7.11 Å². The first-order valence-electron chi connectivity index (χ1n) is 1.39. The maximum absolute atomic E-state index is 4.60. The summed E-state index contributed by atoms with van der Waals surface area (Å²) in [6, 6.07) is 0. The summed E-state index contributed by atoms with van der Waals surface area (Å²) in [7, 11) is 4.02. The van der Waals surface area contributed by atoms with Gasteiger partial charge in [0.05, 0.1) is 5.85 Å². The van der Waals surface area contributed by atoms with Crippen LogP contribution in [-0.4, -0.2) is 13.0 Å². The second-order valence-electron chi connectivity index (χ2n) is 0.774. The molecule has 31 valence electrons. The van der Waals surface area contributed by atoms with Crippen molar-refractivity contribution < 1.29 is 4.74 Å². The van der Waals surface area contributed by atoms with Gasteiger partial charge in [0, 0.05) is 7.11 Å². The molecule has 2 unspecified atom stereocenters. The third-order valence-electron chi connectivity index (χ3n) is 0.303. The molecule has 0 aromatic heterocycles. The molecule has 0 saturated heterocycles. The number of methoxy groups -OCH3 is 1. The van der Waals surface area contributed by atoms with Crippen molar-refractivity contribution >= 4 is 9.24 Å². The Hall–Kier alpha value is 0.390. The van der Waals surface area contributed by atoms with E-state index < -0.39 is 0 Å². The van der Waals surface area contributed by atoms with E-state index in [1.54, 1.807) is 7.11 Å². The van der Waals surface area contributed by atoms with Crippen molar-refractivity contribution in [2.45, 2.75) is 5.85 Å². The Morgan fingerprint density at radius 1 is 2.00 bits per heavy atom. The summed E-state index contributed by atoms with van der Waals surface area (Å²) in [5.41, 5.74) is 0. The Labute approximate surface area is 34.9 Å². The molecule has 0 bridgehead atoms. The minimum atomic E-state index is 0.0509. The van der Waals surface area contributed by atoms with E-state index in [0.717, 1.165) is 0 Å². The van der Waals surface area contributed by atoms with Crippen molar-refractivity contribution in [3.63, 3.8) is 0 Å². The Morgan fingerprint density at radius 2 is 2.20 bits per heavy atom. The van der Waals surface area contributed by atoms with Crippen LogP contribution < -0.4 is 0 Å². The number of rotatable bonds is 1. The fraction of sp³-hybridized carbons (Fsp3) is 0.667. The molecule has 2 atom stereocenters.